The number of hydrogen-bond acceptors (Lipinski definition) is 4. The number of nitro benzene ring substituents is 1. The Labute approximate surface area is 93.6 Å². The second-order valence-corrected chi connectivity index (χ2v) is 2.99. The van der Waals surface area contributed by atoms with E-state index in [4.69, 9.17) is 4.74 Å². The molecule has 0 N–H and O–H groups in total. The van der Waals surface area contributed by atoms with E-state index in [2.05, 4.69) is 15.9 Å². The standard InChI is InChI=1S/C9H6BrNO4/c10-6-5-9(12)15-8-3-1-7(2-4-8)11(13)14/h1-6H/b6-5+. The summed E-state index contributed by atoms with van der Waals surface area (Å²) in [6.07, 6.45) is 1.18. The van der Waals surface area contributed by atoms with Gasteiger partial charge in [-0.15, -0.1) is 0 Å². The fourth-order valence-electron chi connectivity index (χ4n) is 0.838. The Balaban J connectivity index is 2.72. The van der Waals surface area contributed by atoms with Crippen molar-refractivity contribution in [2.45, 2.75) is 0 Å². The topological polar surface area (TPSA) is 69.4 Å². The molecule has 1 rings (SSSR count). The number of ether oxygens (including phenoxy) is 1. The quantitative estimate of drug-likeness (QED) is 0.278. The fraction of sp³-hybridized carbons (Fsp3) is 0. The SMILES string of the molecule is O=C(/C=C/Br)Oc1ccc([N+](=O)[O-])cc1. The van der Waals surface area contributed by atoms with Crippen LogP contribution in [0.2, 0.25) is 0 Å². The highest BCUT2D eigenvalue weighted by molar-refractivity contribution is 9.11. The molecule has 0 heterocycles. The lowest BCUT2D eigenvalue weighted by molar-refractivity contribution is -0.384. The zero-order valence-electron chi connectivity index (χ0n) is 7.42. The summed E-state index contributed by atoms with van der Waals surface area (Å²) in [5.74, 6) is -0.295. The number of benzene rings is 1. The lowest BCUT2D eigenvalue weighted by Crippen LogP contribution is -2.03. The molecule has 0 aliphatic carbocycles. The molecule has 0 aliphatic heterocycles. The van der Waals surface area contributed by atoms with Crippen molar-refractivity contribution in [2.24, 2.45) is 0 Å². The molecule has 0 aliphatic rings. The summed E-state index contributed by atoms with van der Waals surface area (Å²) in [7, 11) is 0. The van der Waals surface area contributed by atoms with Crippen LogP contribution in [-0.2, 0) is 4.79 Å². The van der Waals surface area contributed by atoms with E-state index >= 15 is 0 Å². The number of carbonyl (C=O) groups is 1. The van der Waals surface area contributed by atoms with Crippen LogP contribution in [0.4, 0.5) is 5.69 Å². The van der Waals surface area contributed by atoms with Crippen LogP contribution in [-0.4, -0.2) is 10.9 Å². The Kier molecular flexibility index (Phi) is 3.99. The van der Waals surface area contributed by atoms with Crippen molar-refractivity contribution >= 4 is 27.6 Å². The maximum atomic E-state index is 11.0. The first-order chi connectivity index (χ1) is 7.13. The zero-order chi connectivity index (χ0) is 11.3. The number of nitro groups is 1. The molecule has 78 valence electrons. The Morgan fingerprint density at radius 3 is 2.47 bits per heavy atom. The van der Waals surface area contributed by atoms with Crippen molar-refractivity contribution in [1.82, 2.24) is 0 Å². The molecule has 5 nitrogen and oxygen atoms in total. The summed E-state index contributed by atoms with van der Waals surface area (Å²) < 4.78 is 4.81. The molecule has 0 amide bonds. The van der Waals surface area contributed by atoms with E-state index in [1.807, 2.05) is 0 Å². The van der Waals surface area contributed by atoms with Crippen LogP contribution in [0.3, 0.4) is 0 Å². The second-order valence-electron chi connectivity index (χ2n) is 2.46. The van der Waals surface area contributed by atoms with Crippen molar-refractivity contribution in [3.63, 3.8) is 0 Å². The molecule has 0 spiro atoms. The van der Waals surface area contributed by atoms with Crippen molar-refractivity contribution in [2.75, 3.05) is 0 Å². The van der Waals surface area contributed by atoms with E-state index in [1.54, 1.807) is 0 Å². The van der Waals surface area contributed by atoms with Crippen LogP contribution in [0.25, 0.3) is 0 Å². The van der Waals surface area contributed by atoms with Gasteiger partial charge in [-0.05, 0) is 17.1 Å². The van der Waals surface area contributed by atoms with Crippen LogP contribution in [0.5, 0.6) is 5.75 Å². The molecule has 0 atom stereocenters. The third kappa shape index (κ3) is 3.51. The van der Waals surface area contributed by atoms with Gasteiger partial charge in [-0.25, -0.2) is 4.79 Å². The maximum Gasteiger partial charge on any atom is 0.336 e. The molecular formula is C9H6BrNO4. The first-order valence-electron chi connectivity index (χ1n) is 3.86. The van der Waals surface area contributed by atoms with E-state index in [-0.39, 0.29) is 11.4 Å². The minimum atomic E-state index is -0.555. The lowest BCUT2D eigenvalue weighted by atomic mass is 10.3. The Morgan fingerprint density at radius 1 is 1.40 bits per heavy atom. The van der Waals surface area contributed by atoms with E-state index < -0.39 is 10.9 Å². The molecule has 0 saturated heterocycles. The maximum absolute atomic E-state index is 11.0. The van der Waals surface area contributed by atoms with Crippen LogP contribution < -0.4 is 4.74 Å². The van der Waals surface area contributed by atoms with Gasteiger partial charge in [0.25, 0.3) is 5.69 Å². The summed E-state index contributed by atoms with van der Waals surface area (Å²) >= 11 is 2.92. The van der Waals surface area contributed by atoms with E-state index in [1.165, 1.54) is 35.3 Å². The van der Waals surface area contributed by atoms with Crippen LogP contribution in [0, 0.1) is 10.1 Å². The fourth-order valence-corrected chi connectivity index (χ4v) is 1.05. The van der Waals surface area contributed by atoms with Gasteiger partial charge < -0.3 is 4.74 Å². The predicted molar refractivity (Wildman–Crippen MR) is 56.8 cm³/mol. The molecule has 1 aromatic carbocycles. The monoisotopic (exact) mass is 271 g/mol. The molecule has 0 fully saturated rings. The van der Waals surface area contributed by atoms with Gasteiger partial charge in [0, 0.05) is 18.2 Å². The number of esters is 1. The molecule has 6 heteroatoms. The van der Waals surface area contributed by atoms with Crippen molar-refractivity contribution in [3.8, 4) is 5.75 Å². The Bertz CT molecular complexity index is 399. The number of hydrogen-bond donors (Lipinski definition) is 0. The number of non-ortho nitro benzene ring substituents is 1. The predicted octanol–water partition coefficient (Wildman–Crippen LogP) is 2.41. The van der Waals surface area contributed by atoms with Gasteiger partial charge >= 0.3 is 5.97 Å². The number of halogens is 1. The van der Waals surface area contributed by atoms with Gasteiger partial charge in [0.1, 0.15) is 5.75 Å². The van der Waals surface area contributed by atoms with E-state index in [0.29, 0.717) is 0 Å². The Morgan fingerprint density at radius 2 is 2.00 bits per heavy atom. The normalized spacial score (nSPS) is 10.2. The molecular weight excluding hydrogens is 266 g/mol. The third-order valence-electron chi connectivity index (χ3n) is 1.47. The average Bonchev–Trinajstić information content (AvgIpc) is 2.18. The van der Waals surface area contributed by atoms with Gasteiger partial charge in [-0.3, -0.25) is 10.1 Å². The summed E-state index contributed by atoms with van der Waals surface area (Å²) in [5.41, 5.74) is -0.0502. The first-order valence-corrected chi connectivity index (χ1v) is 4.78. The molecule has 15 heavy (non-hydrogen) atoms. The molecule has 0 aromatic heterocycles. The average molecular weight is 272 g/mol. The van der Waals surface area contributed by atoms with Gasteiger partial charge in [0.2, 0.25) is 0 Å². The molecule has 0 bridgehead atoms. The highest BCUT2D eigenvalue weighted by atomic mass is 79.9. The van der Waals surface area contributed by atoms with Gasteiger partial charge in [0.15, 0.2) is 0 Å². The minimum absolute atomic E-state index is 0.0502. The Hall–Kier alpha value is -1.69. The lowest BCUT2D eigenvalue weighted by Gasteiger charge is -1.99. The summed E-state index contributed by atoms with van der Waals surface area (Å²) in [6, 6.07) is 5.25. The van der Waals surface area contributed by atoms with Gasteiger partial charge in [-0.2, -0.15) is 0 Å². The molecule has 0 unspecified atom stereocenters. The van der Waals surface area contributed by atoms with E-state index in [0.717, 1.165) is 0 Å². The smallest absolute Gasteiger partial charge is 0.336 e. The highest BCUT2D eigenvalue weighted by Crippen LogP contribution is 2.17. The highest BCUT2D eigenvalue weighted by Gasteiger charge is 2.05. The van der Waals surface area contributed by atoms with Crippen molar-refractivity contribution in [3.05, 3.63) is 45.4 Å². The van der Waals surface area contributed by atoms with Crippen LogP contribution in [0.15, 0.2) is 35.3 Å². The summed E-state index contributed by atoms with van der Waals surface area (Å²) in [6.45, 7) is 0. The number of nitrogens with zero attached hydrogens (tertiary/aromatic N) is 1. The van der Waals surface area contributed by atoms with Gasteiger partial charge in [-0.1, -0.05) is 15.9 Å². The number of carbonyl (C=O) groups excluding carboxylic acids is 1. The van der Waals surface area contributed by atoms with Gasteiger partial charge in [0.05, 0.1) is 4.92 Å². The third-order valence-corrected chi connectivity index (χ3v) is 1.73. The minimum Gasteiger partial charge on any atom is -0.423 e. The van der Waals surface area contributed by atoms with Crippen molar-refractivity contribution in [1.29, 1.82) is 0 Å². The largest absolute Gasteiger partial charge is 0.423 e. The molecule has 0 saturated carbocycles. The zero-order valence-corrected chi connectivity index (χ0v) is 9.01. The van der Waals surface area contributed by atoms with Crippen molar-refractivity contribution < 1.29 is 14.5 Å². The summed E-state index contributed by atoms with van der Waals surface area (Å²) in [4.78, 5) is 22.1. The summed E-state index contributed by atoms with van der Waals surface area (Å²) in [5, 5.41) is 10.3. The van der Waals surface area contributed by atoms with E-state index in [9.17, 15) is 14.9 Å². The van der Waals surface area contributed by atoms with Crippen LogP contribution in [0.1, 0.15) is 0 Å². The molecule has 0 radical (unpaired) electrons. The molecule has 1 aromatic rings. The first kappa shape index (κ1) is 11.4. The van der Waals surface area contributed by atoms with Crippen LogP contribution >= 0.6 is 15.9 Å². The number of rotatable bonds is 3. The second kappa shape index (κ2) is 5.26.